The van der Waals surface area contributed by atoms with Gasteiger partial charge in [0.2, 0.25) is 0 Å². The van der Waals surface area contributed by atoms with E-state index in [1.165, 1.54) is 0 Å². The standard InChI is InChI=1S/C18H15NO7S/c20-17(21)24-10-14(26-18(22)23)15(11-6-2-1-3-7-11)27-16-19-12-8-4-5-9-13(12)25-16/h1-9,14-15H,10H2,(H,20,21)(H,22,23). The predicted molar refractivity (Wildman–Crippen MR) is 95.9 cm³/mol. The molecule has 0 aliphatic rings. The van der Waals surface area contributed by atoms with Crippen molar-refractivity contribution in [1.29, 1.82) is 0 Å². The van der Waals surface area contributed by atoms with Gasteiger partial charge in [-0.05, 0) is 17.7 Å². The molecule has 0 aliphatic carbocycles. The molecule has 8 nitrogen and oxygen atoms in total. The van der Waals surface area contributed by atoms with Crippen LogP contribution in [0.4, 0.5) is 9.59 Å². The summed E-state index contributed by atoms with van der Waals surface area (Å²) in [4.78, 5) is 26.2. The molecule has 0 amide bonds. The molecule has 3 aromatic rings. The second kappa shape index (κ2) is 8.45. The third-order valence-corrected chi connectivity index (χ3v) is 4.80. The number of oxazole rings is 1. The van der Waals surface area contributed by atoms with Gasteiger partial charge >= 0.3 is 12.3 Å². The van der Waals surface area contributed by atoms with Gasteiger partial charge in [0.1, 0.15) is 12.1 Å². The second-order valence-corrected chi connectivity index (χ2v) is 6.49. The maximum atomic E-state index is 11.1. The summed E-state index contributed by atoms with van der Waals surface area (Å²) < 4.78 is 15.2. The quantitative estimate of drug-likeness (QED) is 0.447. The number of nitrogens with zero attached hydrogens (tertiary/aromatic N) is 1. The molecule has 0 saturated heterocycles. The van der Waals surface area contributed by atoms with Gasteiger partial charge in [-0.3, -0.25) is 0 Å². The van der Waals surface area contributed by atoms with Crippen molar-refractivity contribution >= 4 is 35.2 Å². The number of carbonyl (C=O) groups is 2. The largest absolute Gasteiger partial charge is 0.506 e. The Labute approximate surface area is 157 Å². The molecule has 0 spiro atoms. The van der Waals surface area contributed by atoms with Crippen molar-refractivity contribution in [1.82, 2.24) is 4.98 Å². The molecule has 1 heterocycles. The Morgan fingerprint density at radius 3 is 2.41 bits per heavy atom. The first kappa shape index (κ1) is 18.6. The summed E-state index contributed by atoms with van der Waals surface area (Å²) in [5, 5.41) is 17.5. The summed E-state index contributed by atoms with van der Waals surface area (Å²) in [5.74, 6) is 0. The van der Waals surface area contributed by atoms with E-state index in [1.807, 2.05) is 18.2 Å². The molecule has 2 atom stereocenters. The number of fused-ring (bicyclic) bond motifs is 1. The Balaban J connectivity index is 1.93. The van der Waals surface area contributed by atoms with Crippen LogP contribution in [0.15, 0.2) is 64.2 Å². The zero-order valence-corrected chi connectivity index (χ0v) is 14.7. The highest BCUT2D eigenvalue weighted by atomic mass is 32.2. The normalized spacial score (nSPS) is 13.0. The summed E-state index contributed by atoms with van der Waals surface area (Å²) in [6.45, 7) is -0.464. The number of hydrogen-bond donors (Lipinski definition) is 2. The SMILES string of the molecule is O=C(O)OCC(OC(=O)O)C(Sc1nc2ccccc2o1)c1ccccc1. The van der Waals surface area contributed by atoms with E-state index in [1.54, 1.807) is 36.4 Å². The lowest BCUT2D eigenvalue weighted by atomic mass is 10.1. The van der Waals surface area contributed by atoms with Crippen LogP contribution in [0.2, 0.25) is 0 Å². The molecule has 0 fully saturated rings. The number of rotatable bonds is 7. The molecule has 0 aliphatic heterocycles. The summed E-state index contributed by atoms with van der Waals surface area (Å²) >= 11 is 1.13. The van der Waals surface area contributed by atoms with E-state index in [9.17, 15) is 9.59 Å². The molecule has 0 radical (unpaired) electrons. The Morgan fingerprint density at radius 2 is 1.74 bits per heavy atom. The lowest BCUT2D eigenvalue weighted by Gasteiger charge is -2.24. The maximum absolute atomic E-state index is 11.1. The van der Waals surface area contributed by atoms with Crippen molar-refractivity contribution in [3.8, 4) is 0 Å². The molecule has 140 valence electrons. The molecular weight excluding hydrogens is 374 g/mol. The number of hydrogen-bond acceptors (Lipinski definition) is 7. The van der Waals surface area contributed by atoms with Gasteiger partial charge in [0, 0.05) is 0 Å². The fourth-order valence-corrected chi connectivity index (χ4v) is 3.56. The van der Waals surface area contributed by atoms with E-state index < -0.39 is 30.3 Å². The third kappa shape index (κ3) is 4.91. The lowest BCUT2D eigenvalue weighted by molar-refractivity contribution is 0.00406. The summed E-state index contributed by atoms with van der Waals surface area (Å²) in [7, 11) is 0. The van der Waals surface area contributed by atoms with Gasteiger partial charge in [-0.25, -0.2) is 14.6 Å². The number of carboxylic acid groups (broad SMARTS) is 2. The molecule has 9 heteroatoms. The first-order chi connectivity index (χ1) is 13.0. The van der Waals surface area contributed by atoms with Crippen molar-refractivity contribution in [3.05, 3.63) is 60.2 Å². The lowest BCUT2D eigenvalue weighted by Crippen LogP contribution is -2.29. The number of ether oxygens (including phenoxy) is 2. The van der Waals surface area contributed by atoms with Gasteiger partial charge in [0.05, 0.1) is 5.25 Å². The highest BCUT2D eigenvalue weighted by molar-refractivity contribution is 7.99. The van der Waals surface area contributed by atoms with Crippen molar-refractivity contribution in [2.45, 2.75) is 16.6 Å². The minimum atomic E-state index is -1.53. The van der Waals surface area contributed by atoms with Gasteiger partial charge in [-0.15, -0.1) is 0 Å². The molecule has 3 rings (SSSR count). The second-order valence-electron chi connectivity index (χ2n) is 5.40. The summed E-state index contributed by atoms with van der Waals surface area (Å²) in [6, 6.07) is 16.1. The molecule has 2 aromatic carbocycles. The highest BCUT2D eigenvalue weighted by Gasteiger charge is 2.31. The van der Waals surface area contributed by atoms with Crippen molar-refractivity contribution in [3.63, 3.8) is 0 Å². The Kier molecular flexibility index (Phi) is 5.82. The number of para-hydroxylation sites is 2. The van der Waals surface area contributed by atoms with Crippen LogP contribution < -0.4 is 0 Å². The van der Waals surface area contributed by atoms with E-state index in [4.69, 9.17) is 19.4 Å². The predicted octanol–water partition coefficient (Wildman–Crippen LogP) is 4.42. The topological polar surface area (TPSA) is 119 Å². The zero-order valence-electron chi connectivity index (χ0n) is 13.8. The molecule has 27 heavy (non-hydrogen) atoms. The van der Waals surface area contributed by atoms with E-state index >= 15 is 0 Å². The van der Waals surface area contributed by atoms with Gasteiger partial charge in [0.15, 0.2) is 11.7 Å². The van der Waals surface area contributed by atoms with Crippen LogP contribution in [0.1, 0.15) is 10.8 Å². The molecule has 0 saturated carbocycles. The van der Waals surface area contributed by atoms with E-state index in [0.29, 0.717) is 21.9 Å². The molecule has 0 bridgehead atoms. The third-order valence-electron chi connectivity index (χ3n) is 3.59. The fraction of sp³-hybridized carbons (Fsp3) is 0.167. The maximum Gasteiger partial charge on any atom is 0.506 e. The van der Waals surface area contributed by atoms with Crippen LogP contribution in [0, 0.1) is 0 Å². The van der Waals surface area contributed by atoms with Crippen molar-refractivity contribution in [2.75, 3.05) is 6.61 Å². The van der Waals surface area contributed by atoms with Crippen molar-refractivity contribution < 1.29 is 33.7 Å². The van der Waals surface area contributed by atoms with E-state index in [-0.39, 0.29) is 0 Å². The smallest absolute Gasteiger partial charge is 0.450 e. The summed E-state index contributed by atoms with van der Waals surface area (Å²) in [6.07, 6.45) is -4.15. The van der Waals surface area contributed by atoms with Crippen LogP contribution in [0.3, 0.4) is 0 Å². The van der Waals surface area contributed by atoms with Crippen LogP contribution in [0.25, 0.3) is 11.1 Å². The molecule has 1 aromatic heterocycles. The first-order valence-electron chi connectivity index (χ1n) is 7.85. The Bertz CT molecular complexity index is 895. The van der Waals surface area contributed by atoms with E-state index in [0.717, 1.165) is 11.8 Å². The molecule has 2 unspecified atom stereocenters. The first-order valence-corrected chi connectivity index (χ1v) is 8.73. The van der Waals surface area contributed by atoms with Gasteiger partial charge in [-0.2, -0.15) is 0 Å². The van der Waals surface area contributed by atoms with Crippen molar-refractivity contribution in [2.24, 2.45) is 0 Å². The fourth-order valence-electron chi connectivity index (χ4n) is 2.48. The average Bonchev–Trinajstić information content (AvgIpc) is 3.06. The van der Waals surface area contributed by atoms with E-state index in [2.05, 4.69) is 9.72 Å². The molecular formula is C18H15NO7S. The van der Waals surface area contributed by atoms with Crippen LogP contribution >= 0.6 is 11.8 Å². The van der Waals surface area contributed by atoms with Gasteiger partial charge in [0.25, 0.3) is 5.22 Å². The zero-order chi connectivity index (χ0) is 19.2. The van der Waals surface area contributed by atoms with Gasteiger partial charge < -0.3 is 24.1 Å². The average molecular weight is 389 g/mol. The van der Waals surface area contributed by atoms with Gasteiger partial charge in [-0.1, -0.05) is 54.2 Å². The Hall–Kier alpha value is -3.20. The number of aromatic nitrogens is 1. The van der Waals surface area contributed by atoms with Crippen LogP contribution in [-0.4, -0.2) is 40.2 Å². The minimum absolute atomic E-state index is 0.305. The summed E-state index contributed by atoms with van der Waals surface area (Å²) in [5.41, 5.74) is 1.96. The highest BCUT2D eigenvalue weighted by Crippen LogP contribution is 2.39. The number of thioether (sulfide) groups is 1. The monoisotopic (exact) mass is 389 g/mol. The molecule has 2 N–H and O–H groups in total. The van der Waals surface area contributed by atoms with Crippen LogP contribution in [0.5, 0.6) is 0 Å². The van der Waals surface area contributed by atoms with Crippen LogP contribution in [-0.2, 0) is 9.47 Å². The Morgan fingerprint density at radius 1 is 1.04 bits per heavy atom. The minimum Gasteiger partial charge on any atom is -0.450 e. The number of benzene rings is 2.